The van der Waals surface area contributed by atoms with Crippen LogP contribution in [0.1, 0.15) is 47.0 Å². The molecule has 0 heteroatoms. The maximum Gasteiger partial charge on any atom is -0.0391 e. The van der Waals surface area contributed by atoms with Crippen molar-refractivity contribution in [3.8, 4) is 0 Å². The lowest BCUT2D eigenvalue weighted by Crippen LogP contribution is -2.14. The largest absolute Gasteiger partial charge is 0.0625 e. The van der Waals surface area contributed by atoms with Crippen molar-refractivity contribution in [2.75, 3.05) is 0 Å². The van der Waals surface area contributed by atoms with Gasteiger partial charge in [0.1, 0.15) is 0 Å². The summed E-state index contributed by atoms with van der Waals surface area (Å²) in [5.41, 5.74) is 0. The van der Waals surface area contributed by atoms with Gasteiger partial charge in [0.25, 0.3) is 0 Å². The molecule has 1 aliphatic rings. The van der Waals surface area contributed by atoms with Crippen LogP contribution < -0.4 is 0 Å². The van der Waals surface area contributed by atoms with Crippen LogP contribution in [0.3, 0.4) is 0 Å². The third-order valence-electron chi connectivity index (χ3n) is 3.68. The molecule has 0 aromatic rings. The first kappa shape index (κ1) is 9.09. The fraction of sp³-hybridized carbons (Fsp3) is 1.00. The molecule has 0 aliphatic heterocycles. The van der Waals surface area contributed by atoms with E-state index in [0.717, 1.165) is 23.7 Å². The molecular weight excluding hydrogens is 132 g/mol. The lowest BCUT2D eigenvalue weighted by Gasteiger charge is -2.22. The number of rotatable bonds is 0. The van der Waals surface area contributed by atoms with Crippen molar-refractivity contribution in [3.05, 3.63) is 0 Å². The van der Waals surface area contributed by atoms with Gasteiger partial charge in [-0.3, -0.25) is 0 Å². The van der Waals surface area contributed by atoms with Gasteiger partial charge >= 0.3 is 0 Å². The van der Waals surface area contributed by atoms with E-state index in [4.69, 9.17) is 0 Å². The topological polar surface area (TPSA) is 0 Å². The minimum atomic E-state index is 0.944. The van der Waals surface area contributed by atoms with Gasteiger partial charge in [0.2, 0.25) is 0 Å². The molecule has 0 bridgehead atoms. The maximum atomic E-state index is 2.42. The first-order valence-corrected chi connectivity index (χ1v) is 5.11. The van der Waals surface area contributed by atoms with Crippen molar-refractivity contribution in [2.45, 2.75) is 47.0 Å². The molecule has 0 spiro atoms. The molecular formula is C11H22. The van der Waals surface area contributed by atoms with Crippen molar-refractivity contribution < 1.29 is 0 Å². The van der Waals surface area contributed by atoms with Crippen LogP contribution in [0.4, 0.5) is 0 Å². The van der Waals surface area contributed by atoms with Gasteiger partial charge in [-0.05, 0) is 30.1 Å². The van der Waals surface area contributed by atoms with Crippen LogP contribution in [0.25, 0.3) is 0 Å². The van der Waals surface area contributed by atoms with Crippen molar-refractivity contribution in [1.29, 1.82) is 0 Å². The van der Waals surface area contributed by atoms with E-state index in [-0.39, 0.29) is 0 Å². The summed E-state index contributed by atoms with van der Waals surface area (Å²) in [6.45, 7) is 9.66. The SMILES string of the molecule is CC1CCC(C)C(C)C(C)C1. The van der Waals surface area contributed by atoms with Crippen LogP contribution in [-0.2, 0) is 0 Å². The van der Waals surface area contributed by atoms with E-state index < -0.39 is 0 Å². The van der Waals surface area contributed by atoms with Crippen molar-refractivity contribution in [1.82, 2.24) is 0 Å². The summed E-state index contributed by atoms with van der Waals surface area (Å²) in [4.78, 5) is 0. The normalized spacial score (nSPS) is 46.9. The van der Waals surface area contributed by atoms with Gasteiger partial charge in [0, 0.05) is 0 Å². The Balaban J connectivity index is 2.53. The van der Waals surface area contributed by atoms with Gasteiger partial charge in [-0.15, -0.1) is 0 Å². The first-order valence-electron chi connectivity index (χ1n) is 5.11. The highest BCUT2D eigenvalue weighted by Crippen LogP contribution is 2.34. The van der Waals surface area contributed by atoms with Gasteiger partial charge in [-0.25, -0.2) is 0 Å². The molecule has 0 amide bonds. The Morgan fingerprint density at radius 2 is 1.45 bits per heavy atom. The molecule has 0 nitrogen and oxygen atoms in total. The van der Waals surface area contributed by atoms with Gasteiger partial charge < -0.3 is 0 Å². The number of hydrogen-bond acceptors (Lipinski definition) is 0. The van der Waals surface area contributed by atoms with Crippen LogP contribution in [0.2, 0.25) is 0 Å². The van der Waals surface area contributed by atoms with Gasteiger partial charge in [-0.1, -0.05) is 40.5 Å². The standard InChI is InChI=1S/C11H22/c1-8-5-6-9(2)11(4)10(3)7-8/h8-11H,5-7H2,1-4H3. The highest BCUT2D eigenvalue weighted by atomic mass is 14.3. The van der Waals surface area contributed by atoms with Crippen LogP contribution in [0.15, 0.2) is 0 Å². The van der Waals surface area contributed by atoms with E-state index in [9.17, 15) is 0 Å². The second-order valence-corrected chi connectivity index (χ2v) is 4.73. The average molecular weight is 154 g/mol. The monoisotopic (exact) mass is 154 g/mol. The molecule has 0 heterocycles. The molecule has 0 saturated heterocycles. The summed E-state index contributed by atoms with van der Waals surface area (Å²) >= 11 is 0. The Morgan fingerprint density at radius 3 is 2.09 bits per heavy atom. The predicted molar refractivity (Wildman–Crippen MR) is 50.5 cm³/mol. The second-order valence-electron chi connectivity index (χ2n) is 4.73. The molecule has 11 heavy (non-hydrogen) atoms. The Bertz CT molecular complexity index is 117. The minimum absolute atomic E-state index is 0.944. The van der Waals surface area contributed by atoms with Crippen LogP contribution in [-0.4, -0.2) is 0 Å². The quantitative estimate of drug-likeness (QED) is 0.466. The fourth-order valence-electron chi connectivity index (χ4n) is 2.34. The molecule has 1 fully saturated rings. The highest BCUT2D eigenvalue weighted by Gasteiger charge is 2.24. The molecule has 0 aromatic carbocycles. The smallest absolute Gasteiger partial charge is 0.0391 e. The van der Waals surface area contributed by atoms with Crippen LogP contribution in [0.5, 0.6) is 0 Å². The van der Waals surface area contributed by atoms with Crippen LogP contribution >= 0.6 is 0 Å². The van der Waals surface area contributed by atoms with Crippen LogP contribution in [0, 0.1) is 23.7 Å². The Labute approximate surface area is 71.4 Å². The lowest BCUT2D eigenvalue weighted by atomic mass is 9.84. The third-order valence-corrected chi connectivity index (χ3v) is 3.68. The van der Waals surface area contributed by atoms with Crippen molar-refractivity contribution in [2.24, 2.45) is 23.7 Å². The summed E-state index contributed by atoms with van der Waals surface area (Å²) in [5, 5.41) is 0. The third kappa shape index (κ3) is 2.21. The zero-order valence-electron chi connectivity index (χ0n) is 8.43. The zero-order chi connectivity index (χ0) is 8.43. The van der Waals surface area contributed by atoms with E-state index in [0.29, 0.717) is 0 Å². The molecule has 1 rings (SSSR count). The second kappa shape index (κ2) is 3.60. The average Bonchev–Trinajstić information content (AvgIpc) is 2.05. The van der Waals surface area contributed by atoms with Crippen molar-refractivity contribution in [3.63, 3.8) is 0 Å². The highest BCUT2D eigenvalue weighted by molar-refractivity contribution is 4.75. The van der Waals surface area contributed by atoms with E-state index in [2.05, 4.69) is 27.7 Å². The van der Waals surface area contributed by atoms with E-state index in [1.165, 1.54) is 19.3 Å². The summed E-state index contributed by atoms with van der Waals surface area (Å²) < 4.78 is 0. The first-order chi connectivity index (χ1) is 5.11. The summed E-state index contributed by atoms with van der Waals surface area (Å²) in [7, 11) is 0. The Morgan fingerprint density at radius 1 is 0.818 bits per heavy atom. The molecule has 1 aliphatic carbocycles. The Hall–Kier alpha value is 0. The Kier molecular flexibility index (Phi) is 2.98. The summed E-state index contributed by atoms with van der Waals surface area (Å²) in [6, 6.07) is 0. The maximum absolute atomic E-state index is 2.42. The molecule has 4 unspecified atom stereocenters. The van der Waals surface area contributed by atoms with Crippen molar-refractivity contribution >= 4 is 0 Å². The molecule has 0 N–H and O–H groups in total. The molecule has 1 saturated carbocycles. The van der Waals surface area contributed by atoms with E-state index >= 15 is 0 Å². The molecule has 4 atom stereocenters. The lowest BCUT2D eigenvalue weighted by molar-refractivity contribution is 0.278. The van der Waals surface area contributed by atoms with Gasteiger partial charge in [0.05, 0.1) is 0 Å². The van der Waals surface area contributed by atoms with E-state index in [1.807, 2.05) is 0 Å². The minimum Gasteiger partial charge on any atom is -0.0625 e. The molecule has 66 valence electrons. The fourth-order valence-corrected chi connectivity index (χ4v) is 2.34. The predicted octanol–water partition coefficient (Wildman–Crippen LogP) is 3.71. The molecule has 0 aromatic heterocycles. The van der Waals surface area contributed by atoms with E-state index in [1.54, 1.807) is 0 Å². The summed E-state index contributed by atoms with van der Waals surface area (Å²) in [6.07, 6.45) is 4.36. The summed E-state index contributed by atoms with van der Waals surface area (Å²) in [5.74, 6) is 3.81. The van der Waals surface area contributed by atoms with Gasteiger partial charge in [-0.2, -0.15) is 0 Å². The van der Waals surface area contributed by atoms with Gasteiger partial charge in [0.15, 0.2) is 0 Å². The molecule has 0 radical (unpaired) electrons. The number of hydrogen-bond donors (Lipinski definition) is 0. The zero-order valence-corrected chi connectivity index (χ0v) is 8.43.